The minimum absolute atomic E-state index is 0.145. The van der Waals surface area contributed by atoms with Crippen LogP contribution in [0.2, 0.25) is 0 Å². The van der Waals surface area contributed by atoms with E-state index >= 15 is 0 Å². The summed E-state index contributed by atoms with van der Waals surface area (Å²) in [4.78, 5) is 15.2. The molecule has 2 aromatic carbocycles. The molecule has 2 aromatic rings. The van der Waals surface area contributed by atoms with Crippen molar-refractivity contribution in [3.8, 4) is 11.8 Å². The zero-order valence-corrected chi connectivity index (χ0v) is 16.4. The number of phenols is 1. The Morgan fingerprint density at radius 3 is 2.20 bits per heavy atom. The van der Waals surface area contributed by atoms with Crippen LogP contribution < -0.4 is 9.80 Å². The maximum Gasteiger partial charge on any atom is 0.417 e. The van der Waals surface area contributed by atoms with Crippen LogP contribution in [0.3, 0.4) is 0 Å². The van der Waals surface area contributed by atoms with Crippen LogP contribution in [0.4, 0.5) is 33.3 Å². The molecule has 0 saturated carbocycles. The van der Waals surface area contributed by atoms with Crippen molar-refractivity contribution in [3.05, 3.63) is 53.1 Å². The van der Waals surface area contributed by atoms with Gasteiger partial charge >= 0.3 is 6.18 Å². The SMILES string of the molecule is CC1(C)C(=O)N(c2ccc(C#N)c(C(F)(F)F)c2)C(S)N1c1cc(F)c(O)c(F)c1. The minimum atomic E-state index is -4.84. The molecule has 1 aliphatic heterocycles. The molecule has 5 nitrogen and oxygen atoms in total. The van der Waals surface area contributed by atoms with Gasteiger partial charge in [0, 0.05) is 23.5 Å². The lowest BCUT2D eigenvalue weighted by atomic mass is 10.0. The lowest BCUT2D eigenvalue weighted by molar-refractivity contribution is -0.137. The Balaban J connectivity index is 2.14. The van der Waals surface area contributed by atoms with Gasteiger partial charge in [-0.3, -0.25) is 9.69 Å². The highest BCUT2D eigenvalue weighted by molar-refractivity contribution is 7.81. The first-order valence-corrected chi connectivity index (χ1v) is 8.92. The van der Waals surface area contributed by atoms with Crippen molar-refractivity contribution < 1.29 is 31.9 Å². The monoisotopic (exact) mass is 443 g/mol. The molecule has 30 heavy (non-hydrogen) atoms. The zero-order valence-electron chi connectivity index (χ0n) is 15.5. The second kappa shape index (κ2) is 7.05. The van der Waals surface area contributed by atoms with Crippen molar-refractivity contribution >= 4 is 29.9 Å². The van der Waals surface area contributed by atoms with Gasteiger partial charge < -0.3 is 10.0 Å². The first-order valence-electron chi connectivity index (χ1n) is 8.41. The number of hydrogen-bond donors (Lipinski definition) is 2. The average molecular weight is 443 g/mol. The van der Waals surface area contributed by atoms with Gasteiger partial charge in [0.25, 0.3) is 5.91 Å². The second-order valence-electron chi connectivity index (χ2n) is 7.05. The third kappa shape index (κ3) is 3.31. The van der Waals surface area contributed by atoms with Gasteiger partial charge in [-0.15, -0.1) is 12.6 Å². The van der Waals surface area contributed by atoms with E-state index in [1.807, 2.05) is 0 Å². The van der Waals surface area contributed by atoms with Crippen LogP contribution in [0, 0.1) is 23.0 Å². The summed E-state index contributed by atoms with van der Waals surface area (Å²) in [5, 5.41) is 18.3. The largest absolute Gasteiger partial charge is 0.503 e. The van der Waals surface area contributed by atoms with E-state index in [1.54, 1.807) is 0 Å². The zero-order chi connectivity index (χ0) is 22.6. The Labute approximate surface area is 173 Å². The number of nitrogens with zero attached hydrogens (tertiary/aromatic N) is 3. The lowest BCUT2D eigenvalue weighted by Crippen LogP contribution is -2.45. The number of rotatable bonds is 2. The fraction of sp³-hybridized carbons (Fsp3) is 0.263. The quantitative estimate of drug-likeness (QED) is 0.533. The van der Waals surface area contributed by atoms with Gasteiger partial charge in [-0.25, -0.2) is 8.78 Å². The number of benzene rings is 2. The summed E-state index contributed by atoms with van der Waals surface area (Å²) < 4.78 is 67.7. The van der Waals surface area contributed by atoms with Gasteiger partial charge in [-0.1, -0.05) is 0 Å². The smallest absolute Gasteiger partial charge is 0.417 e. The first kappa shape index (κ1) is 21.7. The normalized spacial score (nSPS) is 18.6. The van der Waals surface area contributed by atoms with Crippen LogP contribution in [0.15, 0.2) is 30.3 Å². The highest BCUT2D eigenvalue weighted by Gasteiger charge is 2.52. The van der Waals surface area contributed by atoms with E-state index in [0.29, 0.717) is 6.07 Å². The molecule has 1 amide bonds. The van der Waals surface area contributed by atoms with Crippen molar-refractivity contribution in [2.24, 2.45) is 0 Å². The number of phenolic OH excluding ortho intramolecular Hbond substituents is 1. The molecule has 1 heterocycles. The molecule has 0 aromatic heterocycles. The first-order chi connectivity index (χ1) is 13.8. The van der Waals surface area contributed by atoms with E-state index < -0.39 is 51.6 Å². The molecule has 3 rings (SSSR count). The number of aromatic hydroxyl groups is 1. The third-order valence-corrected chi connectivity index (χ3v) is 5.26. The lowest BCUT2D eigenvalue weighted by Gasteiger charge is -2.33. The van der Waals surface area contributed by atoms with Crippen molar-refractivity contribution in [2.75, 3.05) is 9.80 Å². The van der Waals surface area contributed by atoms with Gasteiger partial charge in [-0.2, -0.15) is 18.4 Å². The summed E-state index contributed by atoms with van der Waals surface area (Å²) in [5.41, 5.74) is -4.87. The Morgan fingerprint density at radius 1 is 1.13 bits per heavy atom. The Kier molecular flexibility index (Phi) is 5.10. The second-order valence-corrected chi connectivity index (χ2v) is 7.51. The molecule has 0 spiro atoms. The summed E-state index contributed by atoms with van der Waals surface area (Å²) in [7, 11) is 0. The minimum Gasteiger partial charge on any atom is -0.503 e. The number of nitriles is 1. The molecule has 1 fully saturated rings. The van der Waals surface area contributed by atoms with Crippen molar-refractivity contribution in [2.45, 2.75) is 31.1 Å². The van der Waals surface area contributed by atoms with E-state index in [0.717, 1.165) is 29.2 Å². The van der Waals surface area contributed by atoms with Crippen LogP contribution in [0.1, 0.15) is 25.0 Å². The van der Waals surface area contributed by atoms with Gasteiger partial charge in [0.15, 0.2) is 22.9 Å². The number of hydrogen-bond acceptors (Lipinski definition) is 5. The fourth-order valence-electron chi connectivity index (χ4n) is 3.32. The van der Waals surface area contributed by atoms with Crippen molar-refractivity contribution in [1.29, 1.82) is 5.26 Å². The molecule has 1 N–H and O–H groups in total. The molecule has 1 aliphatic rings. The number of carbonyl (C=O) groups excluding carboxylic acids is 1. The van der Waals surface area contributed by atoms with Crippen molar-refractivity contribution in [1.82, 2.24) is 0 Å². The Hall–Kier alpha value is -3.00. The molecule has 1 unspecified atom stereocenters. The van der Waals surface area contributed by atoms with E-state index in [9.17, 15) is 31.9 Å². The number of thiol groups is 1. The Morgan fingerprint density at radius 2 is 1.70 bits per heavy atom. The molecule has 11 heteroatoms. The summed E-state index contributed by atoms with van der Waals surface area (Å²) in [5.74, 6) is -4.43. The van der Waals surface area contributed by atoms with E-state index in [-0.39, 0.29) is 11.4 Å². The average Bonchev–Trinajstić information content (AvgIpc) is 2.82. The maximum atomic E-state index is 13.9. The van der Waals surface area contributed by atoms with Crippen LogP contribution in [0.5, 0.6) is 5.75 Å². The molecule has 1 saturated heterocycles. The Bertz CT molecular complexity index is 1060. The summed E-state index contributed by atoms with van der Waals surface area (Å²) >= 11 is 4.31. The standard InChI is InChI=1S/C19H14F5N3O2S/c1-18(2)16(29)26(10-4-3-9(8-25)12(5-10)19(22,23)24)17(30)27(18)11-6-13(20)15(28)14(21)7-11/h3-7,17,28,30H,1-2H3. The highest BCUT2D eigenvalue weighted by Crippen LogP contribution is 2.43. The molecule has 0 aliphatic carbocycles. The molecule has 0 radical (unpaired) electrons. The highest BCUT2D eigenvalue weighted by atomic mass is 32.1. The van der Waals surface area contributed by atoms with Gasteiger partial charge in [0.2, 0.25) is 0 Å². The summed E-state index contributed by atoms with van der Waals surface area (Å²) in [6.45, 7) is 2.82. The molecule has 0 bridgehead atoms. The number of halogens is 5. The number of carbonyl (C=O) groups is 1. The number of anilines is 2. The summed E-state index contributed by atoms with van der Waals surface area (Å²) in [6, 6.07) is 5.78. The van der Waals surface area contributed by atoms with Crippen LogP contribution in [-0.2, 0) is 11.0 Å². The van der Waals surface area contributed by atoms with Crippen molar-refractivity contribution in [3.63, 3.8) is 0 Å². The van der Waals surface area contributed by atoms with E-state index in [1.165, 1.54) is 24.8 Å². The topological polar surface area (TPSA) is 67.6 Å². The number of alkyl halides is 3. The predicted octanol–water partition coefficient (Wildman–Crippen LogP) is 4.41. The van der Waals surface area contributed by atoms with Crippen LogP contribution in [-0.4, -0.2) is 22.1 Å². The van der Waals surface area contributed by atoms with Gasteiger partial charge in [0.05, 0.1) is 17.2 Å². The van der Waals surface area contributed by atoms with E-state index in [2.05, 4.69) is 12.6 Å². The van der Waals surface area contributed by atoms with Crippen LogP contribution >= 0.6 is 12.6 Å². The maximum absolute atomic E-state index is 13.9. The third-order valence-electron chi connectivity index (χ3n) is 4.79. The predicted molar refractivity (Wildman–Crippen MR) is 101 cm³/mol. The van der Waals surface area contributed by atoms with Crippen LogP contribution in [0.25, 0.3) is 0 Å². The fourth-order valence-corrected chi connectivity index (χ4v) is 3.98. The molecular weight excluding hydrogens is 429 g/mol. The molecule has 158 valence electrons. The van der Waals surface area contributed by atoms with Gasteiger partial charge in [0.1, 0.15) is 5.54 Å². The molecule has 1 atom stereocenters. The summed E-state index contributed by atoms with van der Waals surface area (Å²) in [6.07, 6.45) is -4.84. The molecular formula is C19H14F5N3O2S. The van der Waals surface area contributed by atoms with Gasteiger partial charge in [-0.05, 0) is 32.0 Å². The van der Waals surface area contributed by atoms with E-state index in [4.69, 9.17) is 5.26 Å². The number of amides is 1.